The topological polar surface area (TPSA) is 231 Å². The van der Waals surface area contributed by atoms with Gasteiger partial charge in [0.1, 0.15) is 25.4 Å². The van der Waals surface area contributed by atoms with Gasteiger partial charge in [0.25, 0.3) is 0 Å². The standard InChI is InChI=1S/C77H122O16P2/c1-4-7-10-13-16-19-22-25-28-31-33-35-37-40-42-45-48-51-54-57-60-63-75(80)87-66-72(78)67-89-94(83,84)90-68-73(79)69-91-95(85,86)92-71-74(93-77(82)65-62-59-56-53-50-47-44-39-30-27-24-21-18-15-12-9-6-3)70-88-76(81)64-61-58-55-52-49-46-43-41-38-36-34-32-29-26-23-20-17-14-11-8-5-2/h7-12,16-21,25-30,33-36,40-44,47,53,56,72-74,78-79H,4-6,13-15,22-24,31-32,37-39,45-46,48-52,54-55,57-71H2,1-3H3,(H,83,84)(H,85,86)/b10-7-,11-8-,12-9-,19-16-,20-17-,21-18-,28-25-,29-26-,30-27-,35-33-,36-34-,42-40-,43-41-,47-44-,56-53-. The molecule has 0 aliphatic heterocycles. The summed E-state index contributed by atoms with van der Waals surface area (Å²) in [7, 11) is -9.83. The molecule has 0 aromatic carbocycles. The summed E-state index contributed by atoms with van der Waals surface area (Å²) < 4.78 is 60.9. The Morgan fingerprint density at radius 2 is 0.537 bits per heavy atom. The summed E-state index contributed by atoms with van der Waals surface area (Å²) in [6.07, 6.45) is 86.6. The molecule has 18 heteroatoms. The molecule has 0 amide bonds. The molecule has 0 saturated carbocycles. The van der Waals surface area contributed by atoms with Crippen LogP contribution in [-0.2, 0) is 55.8 Å². The maximum absolute atomic E-state index is 12.9. The molecule has 0 spiro atoms. The molecule has 0 fully saturated rings. The largest absolute Gasteiger partial charge is 0.472 e. The summed E-state index contributed by atoms with van der Waals surface area (Å²) in [6.45, 7) is 2.17. The number of hydrogen-bond acceptors (Lipinski definition) is 14. The minimum atomic E-state index is -4.96. The van der Waals surface area contributed by atoms with Crippen molar-refractivity contribution in [3.63, 3.8) is 0 Å². The molecule has 0 rings (SSSR count). The van der Waals surface area contributed by atoms with Crippen LogP contribution in [-0.4, -0.2) is 95.9 Å². The second kappa shape index (κ2) is 68.6. The summed E-state index contributed by atoms with van der Waals surface area (Å²) in [4.78, 5) is 58.5. The average Bonchev–Trinajstić information content (AvgIpc) is 1.99. The zero-order valence-electron chi connectivity index (χ0n) is 58.0. The number of carbonyl (C=O) groups is 3. The number of unbranched alkanes of at least 4 members (excludes halogenated alkanes) is 11. The first-order chi connectivity index (χ1) is 46.2. The van der Waals surface area contributed by atoms with Gasteiger partial charge in [0, 0.05) is 19.3 Å². The zero-order valence-corrected chi connectivity index (χ0v) is 59.8. The third-order valence-electron chi connectivity index (χ3n) is 13.6. The molecular weight excluding hydrogens is 1240 g/mol. The zero-order chi connectivity index (χ0) is 69.5. The van der Waals surface area contributed by atoms with Gasteiger partial charge in [-0.1, -0.05) is 242 Å². The van der Waals surface area contributed by atoms with E-state index in [1.54, 1.807) is 0 Å². The molecular formula is C77H122O16P2. The quantitative estimate of drug-likeness (QED) is 0.0146. The molecule has 0 aliphatic carbocycles. The van der Waals surface area contributed by atoms with Crippen LogP contribution < -0.4 is 0 Å². The van der Waals surface area contributed by atoms with Crippen LogP contribution in [0.1, 0.15) is 226 Å². The number of rotatable bonds is 64. The fraction of sp³-hybridized carbons (Fsp3) is 0.571. The van der Waals surface area contributed by atoms with Crippen molar-refractivity contribution in [3.8, 4) is 0 Å². The van der Waals surface area contributed by atoms with Crippen molar-refractivity contribution >= 4 is 33.6 Å². The number of hydrogen-bond donors (Lipinski definition) is 4. The molecule has 16 nitrogen and oxygen atoms in total. The Bertz CT molecular complexity index is 2460. The maximum Gasteiger partial charge on any atom is 0.472 e. The minimum absolute atomic E-state index is 0.0130. The van der Waals surface area contributed by atoms with Gasteiger partial charge in [0.15, 0.2) is 6.10 Å². The Hall–Kier alpha value is -5.35. The van der Waals surface area contributed by atoms with Crippen molar-refractivity contribution in [2.45, 2.75) is 245 Å². The number of ether oxygens (including phenoxy) is 3. The van der Waals surface area contributed by atoms with E-state index in [2.05, 4.69) is 191 Å². The summed E-state index contributed by atoms with van der Waals surface area (Å²) in [5.41, 5.74) is 0. The Labute approximate surface area is 573 Å². The SMILES string of the molecule is CC/C=C\C/C=C\C/C=C\C/C=C\C/C=C\CCCCCCCC(=O)OCC(O)COP(=O)(O)OCC(O)COP(=O)(O)OCC(COC(=O)CCCCCCC/C=C\C/C=C\C/C=C\C/C=C\C/C=C\CC)OC(=O)CCC/C=C\C/C=C\C/C=C\C/C=C\C/C=C\CC. The molecule has 0 aromatic rings. The molecule has 95 heavy (non-hydrogen) atoms. The van der Waals surface area contributed by atoms with Gasteiger partial charge in [-0.05, 0) is 148 Å². The van der Waals surface area contributed by atoms with Crippen molar-refractivity contribution in [3.05, 3.63) is 182 Å². The third-order valence-corrected chi connectivity index (χ3v) is 15.5. The summed E-state index contributed by atoms with van der Waals surface area (Å²) >= 11 is 0. The predicted octanol–water partition coefficient (Wildman–Crippen LogP) is 19.9. The van der Waals surface area contributed by atoms with Crippen LogP contribution >= 0.6 is 15.6 Å². The van der Waals surface area contributed by atoms with Gasteiger partial charge in [-0.15, -0.1) is 0 Å². The van der Waals surface area contributed by atoms with Gasteiger partial charge >= 0.3 is 33.6 Å². The third kappa shape index (κ3) is 69.8. The molecule has 0 saturated heterocycles. The summed E-state index contributed by atoms with van der Waals surface area (Å²) in [5.74, 6) is -1.70. The predicted molar refractivity (Wildman–Crippen MR) is 389 cm³/mol. The van der Waals surface area contributed by atoms with Crippen molar-refractivity contribution in [2.24, 2.45) is 0 Å². The highest BCUT2D eigenvalue weighted by Crippen LogP contribution is 2.45. The summed E-state index contributed by atoms with van der Waals surface area (Å²) in [6, 6.07) is 0. The monoisotopic (exact) mass is 1360 g/mol. The van der Waals surface area contributed by atoms with Crippen LogP contribution in [0.4, 0.5) is 0 Å². The van der Waals surface area contributed by atoms with E-state index in [4.69, 9.17) is 32.3 Å². The molecule has 536 valence electrons. The van der Waals surface area contributed by atoms with Crippen molar-refractivity contribution in [1.82, 2.24) is 0 Å². The first-order valence-electron chi connectivity index (χ1n) is 35.1. The lowest BCUT2D eigenvalue weighted by molar-refractivity contribution is -0.161. The van der Waals surface area contributed by atoms with Crippen molar-refractivity contribution in [2.75, 3.05) is 39.6 Å². The number of phosphoric acid groups is 2. The first kappa shape index (κ1) is 89.6. The lowest BCUT2D eigenvalue weighted by atomic mass is 10.1. The van der Waals surface area contributed by atoms with Gasteiger partial charge in [-0.3, -0.25) is 32.5 Å². The number of aliphatic hydroxyl groups is 2. The van der Waals surface area contributed by atoms with Crippen LogP contribution in [0.15, 0.2) is 182 Å². The number of carbonyl (C=O) groups excluding carboxylic acids is 3. The lowest BCUT2D eigenvalue weighted by Gasteiger charge is -2.21. The van der Waals surface area contributed by atoms with Crippen molar-refractivity contribution < 1.29 is 75.8 Å². The van der Waals surface area contributed by atoms with E-state index in [1.807, 2.05) is 12.2 Å². The number of esters is 3. The Balaban J connectivity index is 4.80. The normalized spacial score (nSPS) is 15.2. The number of phosphoric ester groups is 2. The second-order valence-electron chi connectivity index (χ2n) is 22.5. The maximum atomic E-state index is 12.9. The van der Waals surface area contributed by atoms with E-state index >= 15 is 0 Å². The van der Waals surface area contributed by atoms with Crippen LogP contribution in [0.5, 0.6) is 0 Å². The molecule has 5 unspecified atom stereocenters. The van der Waals surface area contributed by atoms with Gasteiger partial charge in [0.05, 0.1) is 26.4 Å². The van der Waals surface area contributed by atoms with Crippen LogP contribution in [0, 0.1) is 0 Å². The smallest absolute Gasteiger partial charge is 0.463 e. The average molecular weight is 1370 g/mol. The van der Waals surface area contributed by atoms with Gasteiger partial charge in [0.2, 0.25) is 0 Å². The van der Waals surface area contributed by atoms with E-state index in [0.29, 0.717) is 25.7 Å². The molecule has 0 aliphatic rings. The highest BCUT2D eigenvalue weighted by atomic mass is 31.2. The van der Waals surface area contributed by atoms with Gasteiger partial charge < -0.3 is 34.2 Å². The number of aliphatic hydroxyl groups excluding tert-OH is 2. The summed E-state index contributed by atoms with van der Waals surface area (Å²) in [5, 5.41) is 20.6. The molecule has 4 N–H and O–H groups in total. The number of allylic oxidation sites excluding steroid dienone is 30. The van der Waals surface area contributed by atoms with Crippen LogP contribution in [0.3, 0.4) is 0 Å². The van der Waals surface area contributed by atoms with E-state index in [-0.39, 0.29) is 19.3 Å². The van der Waals surface area contributed by atoms with Crippen molar-refractivity contribution in [1.29, 1.82) is 0 Å². The van der Waals surface area contributed by atoms with Gasteiger partial charge in [-0.25, -0.2) is 9.13 Å². The fourth-order valence-corrected chi connectivity index (χ4v) is 9.95. The van der Waals surface area contributed by atoms with Crippen LogP contribution in [0.25, 0.3) is 0 Å². The van der Waals surface area contributed by atoms with E-state index < -0.39 is 91.5 Å². The fourth-order valence-electron chi connectivity index (χ4n) is 8.36. The Kier molecular flexibility index (Phi) is 64.7. The minimum Gasteiger partial charge on any atom is -0.463 e. The Morgan fingerprint density at radius 3 is 0.863 bits per heavy atom. The Morgan fingerprint density at radius 1 is 0.295 bits per heavy atom. The van der Waals surface area contributed by atoms with E-state index in [9.17, 15) is 43.5 Å². The molecule has 0 aromatic heterocycles. The van der Waals surface area contributed by atoms with E-state index in [0.717, 1.165) is 161 Å². The second-order valence-corrected chi connectivity index (χ2v) is 25.4. The van der Waals surface area contributed by atoms with Gasteiger partial charge in [-0.2, -0.15) is 0 Å². The molecule has 0 heterocycles. The first-order valence-corrected chi connectivity index (χ1v) is 38.1. The molecule has 5 atom stereocenters. The van der Waals surface area contributed by atoms with E-state index in [1.165, 1.54) is 0 Å². The van der Waals surface area contributed by atoms with Crippen LogP contribution in [0.2, 0.25) is 0 Å². The molecule has 0 bridgehead atoms. The lowest BCUT2D eigenvalue weighted by Crippen LogP contribution is -2.30. The molecule has 0 radical (unpaired) electrons. The highest BCUT2D eigenvalue weighted by Gasteiger charge is 2.29. The highest BCUT2D eigenvalue weighted by molar-refractivity contribution is 7.47.